The predicted octanol–water partition coefficient (Wildman–Crippen LogP) is 3.17. The maximum absolute atomic E-state index is 13.6. The minimum atomic E-state index is 0.0453. The molecule has 3 aromatic rings. The average molecular weight is 425 g/mol. The van der Waals surface area contributed by atoms with Crippen molar-refractivity contribution in [3.05, 3.63) is 58.7 Å². The first-order valence-electron chi connectivity index (χ1n) is 10.7. The summed E-state index contributed by atoms with van der Waals surface area (Å²) < 4.78 is 6.59. The minimum Gasteiger partial charge on any atom is -0.370 e. The van der Waals surface area contributed by atoms with E-state index in [9.17, 15) is 4.79 Å². The fourth-order valence-electron chi connectivity index (χ4n) is 3.93. The van der Waals surface area contributed by atoms with E-state index in [0.717, 1.165) is 71.3 Å². The minimum absolute atomic E-state index is 0.0453. The van der Waals surface area contributed by atoms with Crippen LogP contribution in [0.4, 0.5) is 5.13 Å². The zero-order chi connectivity index (χ0) is 21.1. The molecule has 5 nitrogen and oxygen atoms in total. The third-order valence-corrected chi connectivity index (χ3v) is 6.79. The van der Waals surface area contributed by atoms with Crippen LogP contribution >= 0.6 is 11.3 Å². The number of carbonyl (C=O) groups excluding carboxylic acids is 1. The van der Waals surface area contributed by atoms with Crippen LogP contribution in [0.1, 0.15) is 33.5 Å². The van der Waals surface area contributed by atoms with E-state index in [1.807, 2.05) is 36.9 Å². The van der Waals surface area contributed by atoms with Crippen LogP contribution in [0, 0.1) is 20.8 Å². The van der Waals surface area contributed by atoms with Crippen molar-refractivity contribution in [2.45, 2.75) is 27.2 Å². The van der Waals surface area contributed by atoms with Crippen molar-refractivity contribution in [1.82, 2.24) is 4.98 Å². The van der Waals surface area contributed by atoms with Gasteiger partial charge in [-0.3, -0.25) is 9.69 Å². The van der Waals surface area contributed by atoms with E-state index in [1.54, 1.807) is 16.2 Å². The van der Waals surface area contributed by atoms with E-state index in [0.29, 0.717) is 6.54 Å². The summed E-state index contributed by atoms with van der Waals surface area (Å²) in [4.78, 5) is 21.9. The highest BCUT2D eigenvalue weighted by molar-refractivity contribution is 7.22. The number of quaternary nitrogens is 1. The Labute approximate surface area is 182 Å². The Bertz CT molecular complexity index is 1040. The van der Waals surface area contributed by atoms with Gasteiger partial charge < -0.3 is 9.64 Å². The van der Waals surface area contributed by atoms with Crippen LogP contribution in [0.5, 0.6) is 0 Å². The number of rotatable bonds is 6. The second kappa shape index (κ2) is 9.25. The number of thiazole rings is 1. The quantitative estimate of drug-likeness (QED) is 0.661. The molecule has 0 unspecified atom stereocenters. The molecule has 1 aliphatic heterocycles. The highest BCUT2D eigenvalue weighted by Gasteiger charge is 2.23. The zero-order valence-corrected chi connectivity index (χ0v) is 18.8. The van der Waals surface area contributed by atoms with Crippen molar-refractivity contribution in [3.63, 3.8) is 0 Å². The molecule has 0 aliphatic carbocycles. The van der Waals surface area contributed by atoms with Gasteiger partial charge in [0.1, 0.15) is 13.1 Å². The fourth-order valence-corrected chi connectivity index (χ4v) is 5.02. The highest BCUT2D eigenvalue weighted by Crippen LogP contribution is 2.31. The summed E-state index contributed by atoms with van der Waals surface area (Å²) in [6.45, 7) is 11.6. The Hall–Kier alpha value is -2.28. The lowest BCUT2D eigenvalue weighted by atomic mass is 10.0. The lowest BCUT2D eigenvalue weighted by molar-refractivity contribution is -0.908. The summed E-state index contributed by atoms with van der Waals surface area (Å²) in [6, 6.07) is 12.3. The van der Waals surface area contributed by atoms with Crippen LogP contribution in [-0.2, 0) is 4.74 Å². The van der Waals surface area contributed by atoms with Gasteiger partial charge in [-0.25, -0.2) is 4.98 Å². The number of aromatic nitrogens is 1. The lowest BCUT2D eigenvalue weighted by Gasteiger charge is -2.25. The number of morpholine rings is 1. The van der Waals surface area contributed by atoms with E-state index in [4.69, 9.17) is 9.72 Å². The largest absolute Gasteiger partial charge is 0.370 e. The molecule has 4 rings (SSSR count). The fraction of sp³-hybridized carbons (Fsp3) is 0.417. The molecule has 1 fully saturated rings. The summed E-state index contributed by atoms with van der Waals surface area (Å²) in [5, 5.41) is 0.790. The van der Waals surface area contributed by atoms with E-state index >= 15 is 0 Å². The standard InChI is InChI=1S/C24H29N3O2S/c1-17-5-7-19(3)20(15-17)23(28)27(10-4-9-26-11-13-29-14-12-26)24-25-21-8-6-18(2)16-22(21)30-24/h5-8,15-16H,4,9-14H2,1-3H3/p+1. The van der Waals surface area contributed by atoms with E-state index in [1.165, 1.54) is 5.56 Å². The molecule has 30 heavy (non-hydrogen) atoms. The van der Waals surface area contributed by atoms with Gasteiger partial charge >= 0.3 is 0 Å². The maximum atomic E-state index is 13.6. The molecule has 2 heterocycles. The average Bonchev–Trinajstić information content (AvgIpc) is 3.16. The van der Waals surface area contributed by atoms with Crippen LogP contribution in [0.3, 0.4) is 0 Å². The number of amides is 1. The number of carbonyl (C=O) groups is 1. The lowest BCUT2D eigenvalue weighted by Crippen LogP contribution is -3.14. The molecular formula is C24H30N3O2S+. The molecule has 0 radical (unpaired) electrons. The van der Waals surface area contributed by atoms with Crippen molar-refractivity contribution in [2.24, 2.45) is 0 Å². The zero-order valence-electron chi connectivity index (χ0n) is 18.0. The summed E-state index contributed by atoms with van der Waals surface area (Å²) in [5.74, 6) is 0.0453. The maximum Gasteiger partial charge on any atom is 0.260 e. The van der Waals surface area contributed by atoms with Crippen molar-refractivity contribution in [3.8, 4) is 0 Å². The van der Waals surface area contributed by atoms with Crippen molar-refractivity contribution >= 4 is 32.6 Å². The molecule has 0 atom stereocenters. The second-order valence-corrected chi connectivity index (χ2v) is 9.22. The number of anilines is 1. The Morgan fingerprint density at radius 1 is 1.10 bits per heavy atom. The molecule has 1 amide bonds. The second-order valence-electron chi connectivity index (χ2n) is 8.21. The Kier molecular flexibility index (Phi) is 6.46. The number of ether oxygens (including phenoxy) is 1. The van der Waals surface area contributed by atoms with Crippen LogP contribution in [0.25, 0.3) is 10.2 Å². The van der Waals surface area contributed by atoms with Gasteiger partial charge in [-0.2, -0.15) is 0 Å². The van der Waals surface area contributed by atoms with Crippen LogP contribution in [0.2, 0.25) is 0 Å². The monoisotopic (exact) mass is 424 g/mol. The number of benzene rings is 2. The van der Waals surface area contributed by atoms with Crippen molar-refractivity contribution in [2.75, 3.05) is 44.3 Å². The van der Waals surface area contributed by atoms with Gasteiger partial charge in [0.25, 0.3) is 5.91 Å². The number of aryl methyl sites for hydroxylation is 3. The van der Waals surface area contributed by atoms with E-state index in [-0.39, 0.29) is 5.91 Å². The Morgan fingerprint density at radius 2 is 1.83 bits per heavy atom. The third-order valence-electron chi connectivity index (χ3n) is 5.74. The summed E-state index contributed by atoms with van der Waals surface area (Å²) in [7, 11) is 0. The number of hydrogen-bond acceptors (Lipinski definition) is 4. The first-order chi connectivity index (χ1) is 14.5. The predicted molar refractivity (Wildman–Crippen MR) is 123 cm³/mol. The van der Waals surface area contributed by atoms with Gasteiger partial charge in [0, 0.05) is 18.5 Å². The molecule has 1 saturated heterocycles. The van der Waals surface area contributed by atoms with Gasteiger partial charge in [0.2, 0.25) is 0 Å². The molecule has 1 aliphatic rings. The molecule has 1 aromatic heterocycles. The molecule has 6 heteroatoms. The number of nitrogens with zero attached hydrogens (tertiary/aromatic N) is 2. The van der Waals surface area contributed by atoms with Gasteiger partial charge in [0.05, 0.1) is 30.0 Å². The van der Waals surface area contributed by atoms with Crippen LogP contribution in [0.15, 0.2) is 36.4 Å². The molecule has 0 bridgehead atoms. The summed E-state index contributed by atoms with van der Waals surface area (Å²) in [5.41, 5.74) is 5.04. The SMILES string of the molecule is Cc1ccc(C)c(C(=O)N(CCC[NH+]2CCOCC2)c2nc3ccc(C)cc3s2)c1. The van der Waals surface area contributed by atoms with Crippen molar-refractivity contribution < 1.29 is 14.4 Å². The van der Waals surface area contributed by atoms with Gasteiger partial charge in [-0.15, -0.1) is 0 Å². The van der Waals surface area contributed by atoms with Crippen LogP contribution < -0.4 is 9.80 Å². The summed E-state index contributed by atoms with van der Waals surface area (Å²) >= 11 is 1.61. The van der Waals surface area contributed by atoms with Crippen molar-refractivity contribution in [1.29, 1.82) is 0 Å². The van der Waals surface area contributed by atoms with Gasteiger partial charge in [-0.1, -0.05) is 35.1 Å². The Morgan fingerprint density at radius 3 is 2.63 bits per heavy atom. The summed E-state index contributed by atoms with van der Waals surface area (Å²) in [6.07, 6.45) is 0.945. The number of hydrogen-bond donors (Lipinski definition) is 1. The number of fused-ring (bicyclic) bond motifs is 1. The molecule has 0 spiro atoms. The first kappa shape index (κ1) is 21.0. The van der Waals surface area contributed by atoms with Crippen LogP contribution in [-0.4, -0.2) is 50.3 Å². The molecule has 0 saturated carbocycles. The molecule has 158 valence electrons. The first-order valence-corrected chi connectivity index (χ1v) is 11.5. The highest BCUT2D eigenvalue weighted by atomic mass is 32.1. The topological polar surface area (TPSA) is 46.9 Å². The third kappa shape index (κ3) is 4.72. The normalized spacial score (nSPS) is 14.9. The molecular weight excluding hydrogens is 394 g/mol. The molecule has 1 N–H and O–H groups in total. The molecule has 2 aromatic carbocycles. The van der Waals surface area contributed by atoms with E-state index < -0.39 is 0 Å². The Balaban J connectivity index is 1.60. The van der Waals surface area contributed by atoms with Gasteiger partial charge in [-0.05, 0) is 50.1 Å². The smallest absolute Gasteiger partial charge is 0.260 e. The van der Waals surface area contributed by atoms with Gasteiger partial charge in [0.15, 0.2) is 5.13 Å². The van der Waals surface area contributed by atoms with E-state index in [2.05, 4.69) is 25.1 Å². The number of nitrogens with one attached hydrogen (secondary N) is 1.